The van der Waals surface area contributed by atoms with Crippen LogP contribution in [0.4, 0.5) is 10.1 Å². The quantitative estimate of drug-likeness (QED) is 0.285. The Balaban J connectivity index is 1.90. The van der Waals surface area contributed by atoms with Gasteiger partial charge in [-0.25, -0.2) is 12.8 Å². The number of anilines is 1. The van der Waals surface area contributed by atoms with Crippen molar-refractivity contribution in [2.45, 2.75) is 59.0 Å². The summed E-state index contributed by atoms with van der Waals surface area (Å²) in [4.78, 5) is 28.7. The number of carbonyl (C=O) groups is 2. The molecule has 3 aromatic carbocycles. The average molecular weight is 582 g/mol. The predicted octanol–water partition coefficient (Wildman–Crippen LogP) is 5.16. The Bertz CT molecular complexity index is 1430. The van der Waals surface area contributed by atoms with Crippen LogP contribution in [0.15, 0.2) is 72.8 Å². The Kier molecular flexibility index (Phi) is 11.5. The first-order valence-electron chi connectivity index (χ1n) is 13.9. The third kappa shape index (κ3) is 9.14. The van der Waals surface area contributed by atoms with E-state index in [1.165, 1.54) is 15.3 Å². The van der Waals surface area contributed by atoms with Crippen LogP contribution in [0.2, 0.25) is 0 Å². The van der Waals surface area contributed by atoms with E-state index in [-0.39, 0.29) is 44.2 Å². The lowest BCUT2D eigenvalue weighted by Crippen LogP contribution is -2.50. The highest BCUT2D eigenvalue weighted by Gasteiger charge is 2.31. The van der Waals surface area contributed by atoms with E-state index >= 15 is 0 Å². The summed E-state index contributed by atoms with van der Waals surface area (Å²) < 4.78 is 41.5. The average Bonchev–Trinajstić information content (AvgIpc) is 2.94. The van der Waals surface area contributed by atoms with Gasteiger partial charge in [-0.2, -0.15) is 0 Å². The van der Waals surface area contributed by atoms with Crippen molar-refractivity contribution in [3.63, 3.8) is 0 Å². The topological polar surface area (TPSA) is 86.8 Å². The van der Waals surface area contributed by atoms with Crippen LogP contribution in [-0.2, 0) is 32.6 Å². The van der Waals surface area contributed by atoms with Gasteiger partial charge >= 0.3 is 0 Å². The maximum absolute atomic E-state index is 14.7. The van der Waals surface area contributed by atoms with Crippen LogP contribution in [0.25, 0.3) is 0 Å². The first-order chi connectivity index (χ1) is 19.5. The highest BCUT2D eigenvalue weighted by atomic mass is 32.2. The number of hydrogen-bond donors (Lipinski definition) is 1. The van der Waals surface area contributed by atoms with Crippen LogP contribution in [-0.4, -0.2) is 50.5 Å². The molecule has 0 heterocycles. The molecule has 3 rings (SSSR count). The van der Waals surface area contributed by atoms with Crippen molar-refractivity contribution in [2.75, 3.05) is 23.7 Å². The van der Waals surface area contributed by atoms with E-state index in [2.05, 4.69) is 5.32 Å². The van der Waals surface area contributed by atoms with Crippen LogP contribution >= 0.6 is 0 Å². The molecular weight excluding hydrogens is 541 g/mol. The number of aryl methyl sites for hydroxylation is 2. The minimum Gasteiger partial charge on any atom is -0.354 e. The molecule has 0 spiro atoms. The third-order valence-electron chi connectivity index (χ3n) is 6.90. The molecule has 0 saturated heterocycles. The Hall–Kier alpha value is -3.72. The van der Waals surface area contributed by atoms with Gasteiger partial charge in [0.2, 0.25) is 21.8 Å². The molecule has 3 aromatic rings. The Morgan fingerprint density at radius 3 is 2.32 bits per heavy atom. The normalized spacial score (nSPS) is 12.0. The molecule has 0 aliphatic heterocycles. The van der Waals surface area contributed by atoms with E-state index in [0.717, 1.165) is 29.4 Å². The molecule has 0 aliphatic rings. The van der Waals surface area contributed by atoms with Crippen LogP contribution in [0, 0.1) is 19.7 Å². The number of nitrogens with one attached hydrogen (secondary N) is 1. The summed E-state index contributed by atoms with van der Waals surface area (Å²) in [6.45, 7) is 6.13. The zero-order valence-electron chi connectivity index (χ0n) is 24.3. The highest BCUT2D eigenvalue weighted by molar-refractivity contribution is 7.92. The van der Waals surface area contributed by atoms with E-state index in [1.54, 1.807) is 18.2 Å². The van der Waals surface area contributed by atoms with Crippen molar-refractivity contribution in [3.05, 3.63) is 101 Å². The molecular formula is C32H40FN3O4S. The lowest BCUT2D eigenvalue weighted by Gasteiger charge is -2.32. The number of hydrogen-bond acceptors (Lipinski definition) is 4. The van der Waals surface area contributed by atoms with E-state index in [9.17, 15) is 22.4 Å². The van der Waals surface area contributed by atoms with Gasteiger partial charge in [-0.15, -0.1) is 0 Å². The number of nitrogens with zero attached hydrogens (tertiary/aromatic N) is 2. The summed E-state index contributed by atoms with van der Waals surface area (Å²) in [7, 11) is -3.62. The maximum Gasteiger partial charge on any atom is 0.243 e. The molecule has 220 valence electrons. The summed E-state index contributed by atoms with van der Waals surface area (Å²) >= 11 is 0. The summed E-state index contributed by atoms with van der Waals surface area (Å²) in [5.74, 6) is -1.13. The van der Waals surface area contributed by atoms with E-state index in [0.29, 0.717) is 17.8 Å². The molecule has 0 saturated carbocycles. The fourth-order valence-corrected chi connectivity index (χ4v) is 5.72. The Labute approximate surface area is 243 Å². The number of amides is 2. The minimum atomic E-state index is -3.62. The number of sulfonamides is 1. The fourth-order valence-electron chi connectivity index (χ4n) is 4.70. The number of halogens is 1. The summed E-state index contributed by atoms with van der Waals surface area (Å²) in [5, 5.41) is 2.90. The Morgan fingerprint density at radius 1 is 0.976 bits per heavy atom. The van der Waals surface area contributed by atoms with Gasteiger partial charge < -0.3 is 10.2 Å². The van der Waals surface area contributed by atoms with E-state index < -0.39 is 21.9 Å². The number of rotatable bonds is 14. The second-order valence-corrected chi connectivity index (χ2v) is 12.2. The van der Waals surface area contributed by atoms with Gasteiger partial charge in [-0.3, -0.25) is 13.9 Å². The molecule has 0 aromatic heterocycles. The van der Waals surface area contributed by atoms with Crippen LogP contribution in [0.1, 0.15) is 48.4 Å². The Morgan fingerprint density at radius 2 is 1.66 bits per heavy atom. The van der Waals surface area contributed by atoms with Gasteiger partial charge in [0, 0.05) is 38.0 Å². The predicted molar refractivity (Wildman–Crippen MR) is 162 cm³/mol. The molecule has 0 bridgehead atoms. The third-order valence-corrected chi connectivity index (χ3v) is 8.08. The molecule has 7 nitrogen and oxygen atoms in total. The SMILES string of the molecule is CCCNC(=O)C(Cc1ccccc1)N(Cc1ccccc1F)C(=O)CCCN(c1cc(C)ccc1C)S(C)(=O)=O. The van der Waals surface area contributed by atoms with Crippen molar-refractivity contribution >= 4 is 27.5 Å². The molecule has 1 N–H and O–H groups in total. The van der Waals surface area contributed by atoms with Crippen LogP contribution in [0.5, 0.6) is 0 Å². The molecule has 1 unspecified atom stereocenters. The zero-order valence-corrected chi connectivity index (χ0v) is 25.1. The van der Waals surface area contributed by atoms with Gasteiger partial charge in [-0.1, -0.05) is 67.6 Å². The second-order valence-electron chi connectivity index (χ2n) is 10.3. The molecule has 41 heavy (non-hydrogen) atoms. The first-order valence-corrected chi connectivity index (χ1v) is 15.8. The highest BCUT2D eigenvalue weighted by Crippen LogP contribution is 2.25. The van der Waals surface area contributed by atoms with Gasteiger partial charge in [0.05, 0.1) is 11.9 Å². The van der Waals surface area contributed by atoms with Crippen molar-refractivity contribution in [1.29, 1.82) is 0 Å². The molecule has 0 fully saturated rings. The van der Waals surface area contributed by atoms with E-state index in [1.807, 2.05) is 69.3 Å². The molecule has 0 radical (unpaired) electrons. The zero-order chi connectivity index (χ0) is 30.0. The minimum absolute atomic E-state index is 0.0162. The second kappa shape index (κ2) is 14.8. The molecule has 0 aliphatic carbocycles. The maximum atomic E-state index is 14.7. The number of benzene rings is 3. The summed E-state index contributed by atoms with van der Waals surface area (Å²) in [6.07, 6.45) is 2.34. The smallest absolute Gasteiger partial charge is 0.243 e. The van der Waals surface area contributed by atoms with Crippen LogP contribution < -0.4 is 9.62 Å². The monoisotopic (exact) mass is 581 g/mol. The number of carbonyl (C=O) groups excluding carboxylic acids is 2. The molecule has 2 amide bonds. The van der Waals surface area contributed by atoms with Crippen LogP contribution in [0.3, 0.4) is 0 Å². The summed E-state index contributed by atoms with van der Waals surface area (Å²) in [6, 6.07) is 20.3. The lowest BCUT2D eigenvalue weighted by atomic mass is 10.0. The van der Waals surface area contributed by atoms with Crippen molar-refractivity contribution < 1.29 is 22.4 Å². The van der Waals surface area contributed by atoms with E-state index in [4.69, 9.17) is 0 Å². The van der Waals surface area contributed by atoms with Gasteiger partial charge in [0.25, 0.3) is 0 Å². The summed E-state index contributed by atoms with van der Waals surface area (Å²) in [5.41, 5.74) is 3.48. The van der Waals surface area contributed by atoms with Crippen molar-refractivity contribution in [2.24, 2.45) is 0 Å². The van der Waals surface area contributed by atoms with Gasteiger partial charge in [-0.05, 0) is 55.5 Å². The van der Waals surface area contributed by atoms with Gasteiger partial charge in [0.15, 0.2) is 0 Å². The largest absolute Gasteiger partial charge is 0.354 e. The standard InChI is InChI=1S/C32H40FN3O4S/c1-5-19-34-32(38)30(22-26-12-7-6-8-13-26)35(23-27-14-9-10-15-28(27)33)31(37)16-11-20-36(41(4,39)40)29-21-24(2)17-18-25(29)3/h6-10,12-15,17-18,21,30H,5,11,16,19-20,22-23H2,1-4H3,(H,34,38). The molecule has 9 heteroatoms. The van der Waals surface area contributed by atoms with Crippen molar-refractivity contribution in [1.82, 2.24) is 10.2 Å². The fraction of sp³-hybridized carbons (Fsp3) is 0.375. The first kappa shape index (κ1) is 31.8. The molecule has 1 atom stereocenters. The van der Waals surface area contributed by atoms with Crippen molar-refractivity contribution in [3.8, 4) is 0 Å². The van der Waals surface area contributed by atoms with Gasteiger partial charge in [0.1, 0.15) is 11.9 Å². The lowest BCUT2D eigenvalue weighted by molar-refractivity contribution is -0.141.